The van der Waals surface area contributed by atoms with E-state index >= 15 is 0 Å². The molecule has 0 bridgehead atoms. The van der Waals surface area contributed by atoms with Crippen LogP contribution in [0.25, 0.3) is 6.08 Å². The van der Waals surface area contributed by atoms with E-state index in [0.717, 1.165) is 12.8 Å². The Labute approximate surface area is 120 Å². The Hall–Kier alpha value is -2.18. The largest absolute Gasteiger partial charge is 0.489 e. The van der Waals surface area contributed by atoms with Crippen LogP contribution in [0.2, 0.25) is 0 Å². The first-order valence-corrected chi connectivity index (χ1v) is 6.50. The summed E-state index contributed by atoms with van der Waals surface area (Å²) in [5, 5.41) is 10.6. The fraction of sp³-hybridized carbons (Fsp3) is 0.429. The van der Waals surface area contributed by atoms with Gasteiger partial charge in [-0.2, -0.15) is 8.78 Å². The van der Waals surface area contributed by atoms with Crippen molar-refractivity contribution in [3.63, 3.8) is 0 Å². The summed E-state index contributed by atoms with van der Waals surface area (Å²) in [6, 6.07) is 4.26. The second kappa shape index (κ2) is 6.51. The Morgan fingerprint density at radius 1 is 1.48 bits per heavy atom. The molecule has 114 valence electrons. The van der Waals surface area contributed by atoms with Crippen LogP contribution in [0.5, 0.6) is 11.5 Å². The van der Waals surface area contributed by atoms with Crippen LogP contribution < -0.4 is 9.47 Å². The quantitative estimate of drug-likeness (QED) is 0.568. The van der Waals surface area contributed by atoms with Gasteiger partial charge in [-0.15, -0.1) is 0 Å². The summed E-state index contributed by atoms with van der Waals surface area (Å²) >= 11 is 0. The standard InChI is InChI=1S/C14H15F2NO4/c1-9(17(18)19)6-11-4-5-12(21-14(15)16)13(7-11)20-8-10-2-3-10/h4-7,10,14H,2-3,8H2,1H3. The molecule has 21 heavy (non-hydrogen) atoms. The van der Waals surface area contributed by atoms with Gasteiger partial charge in [-0.05, 0) is 36.5 Å². The Kier molecular flexibility index (Phi) is 4.72. The number of ether oxygens (including phenoxy) is 2. The zero-order valence-corrected chi connectivity index (χ0v) is 11.4. The SMILES string of the molecule is CC(=Cc1ccc(OC(F)F)c(OCC2CC2)c1)[N+](=O)[O-]. The van der Waals surface area contributed by atoms with Crippen molar-refractivity contribution in [2.75, 3.05) is 6.61 Å². The molecule has 0 saturated heterocycles. The highest BCUT2D eigenvalue weighted by Crippen LogP contribution is 2.34. The minimum absolute atomic E-state index is 0.0503. The van der Waals surface area contributed by atoms with Gasteiger partial charge in [0.1, 0.15) is 0 Å². The summed E-state index contributed by atoms with van der Waals surface area (Å²) in [6.07, 6.45) is 3.46. The van der Waals surface area contributed by atoms with Crippen LogP contribution in [0.1, 0.15) is 25.3 Å². The van der Waals surface area contributed by atoms with Crippen molar-refractivity contribution < 1.29 is 23.2 Å². The first-order chi connectivity index (χ1) is 9.95. The van der Waals surface area contributed by atoms with Gasteiger partial charge in [0.25, 0.3) is 0 Å². The molecule has 0 aromatic heterocycles. The van der Waals surface area contributed by atoms with Crippen LogP contribution in [0, 0.1) is 16.0 Å². The fourth-order valence-electron chi connectivity index (χ4n) is 1.71. The summed E-state index contributed by atoms with van der Waals surface area (Å²) in [5.41, 5.74) is 0.447. The van der Waals surface area contributed by atoms with E-state index in [0.29, 0.717) is 18.1 Å². The van der Waals surface area contributed by atoms with Gasteiger partial charge in [0.15, 0.2) is 11.5 Å². The Balaban J connectivity index is 2.21. The predicted molar refractivity (Wildman–Crippen MR) is 71.9 cm³/mol. The van der Waals surface area contributed by atoms with E-state index in [-0.39, 0.29) is 17.2 Å². The number of rotatable bonds is 7. The molecule has 0 radical (unpaired) electrons. The molecule has 1 aliphatic carbocycles. The average molecular weight is 299 g/mol. The number of hydrogen-bond donors (Lipinski definition) is 0. The van der Waals surface area contributed by atoms with Gasteiger partial charge >= 0.3 is 6.61 Å². The second-order valence-electron chi connectivity index (χ2n) is 4.88. The Bertz CT molecular complexity index is 556. The summed E-state index contributed by atoms with van der Waals surface area (Å²) in [5.74, 6) is 0.553. The fourth-order valence-corrected chi connectivity index (χ4v) is 1.71. The van der Waals surface area contributed by atoms with Gasteiger partial charge in [0, 0.05) is 13.0 Å². The lowest BCUT2D eigenvalue weighted by molar-refractivity contribution is -0.422. The van der Waals surface area contributed by atoms with Crippen molar-refractivity contribution >= 4 is 6.08 Å². The smallest absolute Gasteiger partial charge is 0.387 e. The molecule has 0 N–H and O–H groups in total. The maximum Gasteiger partial charge on any atom is 0.387 e. The molecule has 1 aromatic rings. The lowest BCUT2D eigenvalue weighted by atomic mass is 10.1. The first kappa shape index (κ1) is 15.2. The number of nitro groups is 1. The average Bonchev–Trinajstić information content (AvgIpc) is 3.22. The van der Waals surface area contributed by atoms with E-state index in [9.17, 15) is 18.9 Å². The summed E-state index contributed by atoms with van der Waals surface area (Å²) in [7, 11) is 0. The monoisotopic (exact) mass is 299 g/mol. The van der Waals surface area contributed by atoms with E-state index in [4.69, 9.17) is 4.74 Å². The molecule has 1 saturated carbocycles. The maximum absolute atomic E-state index is 12.3. The highest BCUT2D eigenvalue weighted by molar-refractivity contribution is 5.56. The van der Waals surface area contributed by atoms with E-state index in [1.54, 1.807) is 0 Å². The molecule has 0 spiro atoms. The Morgan fingerprint density at radius 2 is 2.19 bits per heavy atom. The molecule has 5 nitrogen and oxygen atoms in total. The third-order valence-corrected chi connectivity index (χ3v) is 3.02. The van der Waals surface area contributed by atoms with Gasteiger partial charge in [-0.25, -0.2) is 0 Å². The van der Waals surface area contributed by atoms with Gasteiger partial charge in [0.05, 0.1) is 11.5 Å². The molecule has 0 heterocycles. The summed E-state index contributed by atoms with van der Waals surface area (Å²) in [4.78, 5) is 10.1. The molecule has 0 aliphatic heterocycles. The van der Waals surface area contributed by atoms with Gasteiger partial charge < -0.3 is 9.47 Å². The van der Waals surface area contributed by atoms with E-state index < -0.39 is 11.5 Å². The molecule has 0 amide bonds. The maximum atomic E-state index is 12.3. The normalized spacial score (nSPS) is 15.1. The van der Waals surface area contributed by atoms with Gasteiger partial charge in [-0.3, -0.25) is 10.1 Å². The number of alkyl halides is 2. The van der Waals surface area contributed by atoms with E-state index in [1.165, 1.54) is 31.2 Å². The third-order valence-electron chi connectivity index (χ3n) is 3.02. The second-order valence-corrected chi connectivity index (χ2v) is 4.88. The molecule has 1 aromatic carbocycles. The number of halogens is 2. The lowest BCUT2D eigenvalue weighted by Gasteiger charge is -2.12. The molecule has 2 rings (SSSR count). The van der Waals surface area contributed by atoms with E-state index in [2.05, 4.69) is 4.74 Å². The highest BCUT2D eigenvalue weighted by Gasteiger charge is 2.23. The van der Waals surface area contributed by atoms with Crippen molar-refractivity contribution in [1.29, 1.82) is 0 Å². The predicted octanol–water partition coefficient (Wildman–Crippen LogP) is 3.71. The molecular formula is C14H15F2NO4. The summed E-state index contributed by atoms with van der Waals surface area (Å²) < 4.78 is 34.6. The van der Waals surface area contributed by atoms with E-state index in [1.807, 2.05) is 0 Å². The highest BCUT2D eigenvalue weighted by atomic mass is 19.3. The first-order valence-electron chi connectivity index (χ1n) is 6.50. The van der Waals surface area contributed by atoms with Crippen molar-refractivity contribution in [2.45, 2.75) is 26.4 Å². The Morgan fingerprint density at radius 3 is 2.76 bits per heavy atom. The van der Waals surface area contributed by atoms with Crippen LogP contribution in [-0.2, 0) is 0 Å². The number of allylic oxidation sites excluding steroid dienone is 1. The topological polar surface area (TPSA) is 61.6 Å². The summed E-state index contributed by atoms with van der Waals surface area (Å²) in [6.45, 7) is -1.16. The van der Waals surface area contributed by atoms with Crippen molar-refractivity contribution in [3.05, 3.63) is 39.6 Å². The zero-order valence-electron chi connectivity index (χ0n) is 11.4. The van der Waals surface area contributed by atoms with Crippen LogP contribution in [0.3, 0.4) is 0 Å². The van der Waals surface area contributed by atoms with Crippen LogP contribution in [0.4, 0.5) is 8.78 Å². The van der Waals surface area contributed by atoms with Crippen molar-refractivity contribution in [1.82, 2.24) is 0 Å². The lowest BCUT2D eigenvalue weighted by Crippen LogP contribution is -2.06. The van der Waals surface area contributed by atoms with Gasteiger partial charge in [0.2, 0.25) is 5.70 Å². The molecular weight excluding hydrogens is 284 g/mol. The zero-order chi connectivity index (χ0) is 15.4. The molecule has 1 fully saturated rings. The van der Waals surface area contributed by atoms with Crippen LogP contribution >= 0.6 is 0 Å². The molecule has 0 unspecified atom stereocenters. The number of hydrogen-bond acceptors (Lipinski definition) is 4. The van der Waals surface area contributed by atoms with Gasteiger partial charge in [-0.1, -0.05) is 6.07 Å². The number of benzene rings is 1. The van der Waals surface area contributed by atoms with Crippen LogP contribution in [0.15, 0.2) is 23.9 Å². The molecule has 0 atom stereocenters. The number of nitrogens with zero attached hydrogens (tertiary/aromatic N) is 1. The minimum atomic E-state index is -2.95. The molecule has 7 heteroatoms. The van der Waals surface area contributed by atoms with Crippen molar-refractivity contribution in [2.24, 2.45) is 5.92 Å². The third kappa shape index (κ3) is 4.70. The van der Waals surface area contributed by atoms with Crippen LogP contribution in [-0.4, -0.2) is 18.1 Å². The molecule has 1 aliphatic rings. The van der Waals surface area contributed by atoms with Crippen molar-refractivity contribution in [3.8, 4) is 11.5 Å². The minimum Gasteiger partial charge on any atom is -0.489 e.